The third-order valence-electron chi connectivity index (χ3n) is 3.33. The number of pyridine rings is 1. The highest BCUT2D eigenvalue weighted by Gasteiger charge is 2.07. The van der Waals surface area contributed by atoms with Gasteiger partial charge in [-0.15, -0.1) is 0 Å². The van der Waals surface area contributed by atoms with Gasteiger partial charge >= 0.3 is 0 Å². The Morgan fingerprint density at radius 2 is 1.86 bits per heavy atom. The van der Waals surface area contributed by atoms with Crippen LogP contribution in [-0.4, -0.2) is 19.9 Å². The van der Waals surface area contributed by atoms with Crippen LogP contribution in [0, 0.1) is 10.1 Å². The van der Waals surface area contributed by atoms with Crippen molar-refractivity contribution in [3.05, 3.63) is 64.1 Å². The molecule has 3 aromatic rings. The molecule has 0 amide bonds. The van der Waals surface area contributed by atoms with Gasteiger partial charge in [-0.05, 0) is 24.1 Å². The van der Waals surface area contributed by atoms with Gasteiger partial charge in [0.1, 0.15) is 11.6 Å². The summed E-state index contributed by atoms with van der Waals surface area (Å²) in [6.45, 7) is 0. The van der Waals surface area contributed by atoms with Gasteiger partial charge in [-0.2, -0.15) is 0 Å². The number of nitro benzene ring substituents is 1. The molecule has 0 saturated carbocycles. The summed E-state index contributed by atoms with van der Waals surface area (Å²) in [7, 11) is 0. The van der Waals surface area contributed by atoms with E-state index in [1.165, 1.54) is 12.1 Å². The van der Waals surface area contributed by atoms with Crippen LogP contribution in [-0.2, 0) is 12.8 Å². The molecule has 0 unspecified atom stereocenters. The lowest BCUT2D eigenvalue weighted by Crippen LogP contribution is -2.03. The molecule has 0 atom stereocenters. The number of nitro groups is 1. The van der Waals surface area contributed by atoms with Crippen LogP contribution >= 0.6 is 0 Å². The Morgan fingerprint density at radius 1 is 1.09 bits per heavy atom. The first kappa shape index (κ1) is 13.9. The molecule has 0 saturated heterocycles. The molecule has 0 spiro atoms. The molecule has 0 aliphatic rings. The van der Waals surface area contributed by atoms with E-state index in [-0.39, 0.29) is 5.69 Å². The molecule has 7 nitrogen and oxygen atoms in total. The Morgan fingerprint density at radius 3 is 2.59 bits per heavy atom. The minimum Gasteiger partial charge on any atom is -0.383 e. The van der Waals surface area contributed by atoms with Gasteiger partial charge < -0.3 is 5.73 Å². The number of hydrogen-bond donors (Lipinski definition) is 1. The Kier molecular flexibility index (Phi) is 3.61. The number of benzene rings is 1. The van der Waals surface area contributed by atoms with Crippen molar-refractivity contribution in [3.63, 3.8) is 0 Å². The van der Waals surface area contributed by atoms with E-state index in [0.29, 0.717) is 30.1 Å². The molecule has 7 heteroatoms. The molecule has 0 aliphatic carbocycles. The van der Waals surface area contributed by atoms with Gasteiger partial charge in [0.2, 0.25) is 0 Å². The van der Waals surface area contributed by atoms with Crippen molar-refractivity contribution in [3.8, 4) is 0 Å². The van der Waals surface area contributed by atoms with Gasteiger partial charge in [0.25, 0.3) is 5.69 Å². The molecule has 2 heterocycles. The summed E-state index contributed by atoms with van der Waals surface area (Å²) in [6, 6.07) is 10.1. The van der Waals surface area contributed by atoms with Crippen molar-refractivity contribution in [2.45, 2.75) is 12.8 Å². The zero-order valence-corrected chi connectivity index (χ0v) is 11.6. The normalized spacial score (nSPS) is 10.7. The number of non-ortho nitro benzene ring substituents is 1. The van der Waals surface area contributed by atoms with Gasteiger partial charge in [-0.1, -0.05) is 12.1 Å². The van der Waals surface area contributed by atoms with E-state index in [9.17, 15) is 10.1 Å². The highest BCUT2D eigenvalue weighted by molar-refractivity contribution is 5.84. The van der Waals surface area contributed by atoms with Crippen molar-refractivity contribution in [2.24, 2.45) is 0 Å². The molecule has 0 fully saturated rings. The van der Waals surface area contributed by atoms with Crippen molar-refractivity contribution in [1.29, 1.82) is 0 Å². The SMILES string of the molecule is Nc1nc(CCc2ccc([N+](=O)[O-])cc2)nc2ncccc12. The van der Waals surface area contributed by atoms with E-state index in [4.69, 9.17) is 5.73 Å². The molecule has 3 rings (SSSR count). The highest BCUT2D eigenvalue weighted by Crippen LogP contribution is 2.17. The summed E-state index contributed by atoms with van der Waals surface area (Å²) in [5, 5.41) is 11.4. The second kappa shape index (κ2) is 5.72. The summed E-state index contributed by atoms with van der Waals surface area (Å²) in [5.74, 6) is 1.03. The number of anilines is 1. The number of nitrogens with two attached hydrogens (primary N) is 1. The fraction of sp³-hybridized carbons (Fsp3) is 0.133. The minimum atomic E-state index is -0.414. The van der Waals surface area contributed by atoms with Crippen LogP contribution in [0.4, 0.5) is 11.5 Å². The summed E-state index contributed by atoms with van der Waals surface area (Å²) in [5.41, 5.74) is 7.55. The molecule has 0 radical (unpaired) electrons. The molecule has 0 aliphatic heterocycles. The van der Waals surface area contributed by atoms with Gasteiger partial charge in [0.05, 0.1) is 10.3 Å². The van der Waals surface area contributed by atoms with Gasteiger partial charge in [0.15, 0.2) is 5.65 Å². The lowest BCUT2D eigenvalue weighted by molar-refractivity contribution is -0.384. The van der Waals surface area contributed by atoms with Gasteiger partial charge in [-0.25, -0.2) is 15.0 Å². The number of aryl methyl sites for hydroxylation is 2. The van der Waals surface area contributed by atoms with E-state index in [2.05, 4.69) is 15.0 Å². The van der Waals surface area contributed by atoms with Crippen LogP contribution in [0.25, 0.3) is 11.0 Å². The second-order valence-corrected chi connectivity index (χ2v) is 4.82. The van der Waals surface area contributed by atoms with Gasteiger partial charge in [0, 0.05) is 24.8 Å². The summed E-state index contributed by atoms with van der Waals surface area (Å²) in [4.78, 5) is 23.1. The molecule has 110 valence electrons. The summed E-state index contributed by atoms with van der Waals surface area (Å²) < 4.78 is 0. The number of hydrogen-bond acceptors (Lipinski definition) is 6. The van der Waals surface area contributed by atoms with Gasteiger partial charge in [-0.3, -0.25) is 10.1 Å². The van der Waals surface area contributed by atoms with Crippen molar-refractivity contribution >= 4 is 22.5 Å². The van der Waals surface area contributed by atoms with Crippen molar-refractivity contribution < 1.29 is 4.92 Å². The topological polar surface area (TPSA) is 108 Å². The van der Waals surface area contributed by atoms with Crippen molar-refractivity contribution in [1.82, 2.24) is 15.0 Å². The fourth-order valence-corrected chi connectivity index (χ4v) is 2.18. The lowest BCUT2D eigenvalue weighted by Gasteiger charge is -2.05. The van der Waals surface area contributed by atoms with Crippen LogP contribution < -0.4 is 5.73 Å². The first-order chi connectivity index (χ1) is 10.6. The quantitative estimate of drug-likeness (QED) is 0.584. The highest BCUT2D eigenvalue weighted by atomic mass is 16.6. The molecule has 2 aromatic heterocycles. The molecular formula is C15H13N5O2. The predicted octanol–water partition coefficient (Wildman–Crippen LogP) is 2.30. The average molecular weight is 295 g/mol. The Labute approximate surface area is 126 Å². The molecular weight excluding hydrogens is 282 g/mol. The van der Waals surface area contributed by atoms with Crippen LogP contribution in [0.2, 0.25) is 0 Å². The largest absolute Gasteiger partial charge is 0.383 e. The van der Waals surface area contributed by atoms with Crippen LogP contribution in [0.15, 0.2) is 42.6 Å². The zero-order chi connectivity index (χ0) is 15.5. The standard InChI is InChI=1S/C15H13N5O2/c16-14-12-2-1-9-17-15(12)19-13(18-14)8-5-10-3-6-11(7-4-10)20(21)22/h1-4,6-7,9H,5,8H2,(H2,16,17,18,19). The first-order valence-corrected chi connectivity index (χ1v) is 6.74. The van der Waals surface area contributed by atoms with E-state index >= 15 is 0 Å². The maximum atomic E-state index is 10.6. The zero-order valence-electron chi connectivity index (χ0n) is 11.6. The Bertz CT molecular complexity index is 833. The molecule has 0 bridgehead atoms. The lowest BCUT2D eigenvalue weighted by atomic mass is 10.1. The smallest absolute Gasteiger partial charge is 0.269 e. The van der Waals surface area contributed by atoms with Crippen molar-refractivity contribution in [2.75, 3.05) is 5.73 Å². The third kappa shape index (κ3) is 2.83. The first-order valence-electron chi connectivity index (χ1n) is 6.74. The van der Waals surface area contributed by atoms with E-state index in [1.54, 1.807) is 24.4 Å². The molecule has 2 N–H and O–H groups in total. The summed E-state index contributed by atoms with van der Waals surface area (Å²) in [6.07, 6.45) is 2.93. The Hall–Kier alpha value is -3.09. The van der Waals surface area contributed by atoms with Crippen LogP contribution in [0.3, 0.4) is 0 Å². The number of fused-ring (bicyclic) bond motifs is 1. The number of aromatic nitrogens is 3. The predicted molar refractivity (Wildman–Crippen MR) is 82.2 cm³/mol. The van der Waals surface area contributed by atoms with Crippen LogP contribution in [0.1, 0.15) is 11.4 Å². The third-order valence-corrected chi connectivity index (χ3v) is 3.33. The van der Waals surface area contributed by atoms with E-state index in [1.807, 2.05) is 6.07 Å². The van der Waals surface area contributed by atoms with E-state index in [0.717, 1.165) is 10.9 Å². The molecule has 1 aromatic carbocycles. The fourth-order valence-electron chi connectivity index (χ4n) is 2.18. The maximum Gasteiger partial charge on any atom is 0.269 e. The minimum absolute atomic E-state index is 0.0825. The number of rotatable bonds is 4. The molecule has 22 heavy (non-hydrogen) atoms. The Balaban J connectivity index is 1.77. The second-order valence-electron chi connectivity index (χ2n) is 4.82. The maximum absolute atomic E-state index is 10.6. The number of nitrogens with zero attached hydrogens (tertiary/aromatic N) is 4. The average Bonchev–Trinajstić information content (AvgIpc) is 2.53. The van der Waals surface area contributed by atoms with E-state index < -0.39 is 4.92 Å². The summed E-state index contributed by atoms with van der Waals surface area (Å²) >= 11 is 0. The van der Waals surface area contributed by atoms with Crippen LogP contribution in [0.5, 0.6) is 0 Å². The monoisotopic (exact) mass is 295 g/mol. The number of nitrogen functional groups attached to an aromatic ring is 1.